The molecule has 1 aliphatic heterocycles. The second kappa shape index (κ2) is 7.64. The van der Waals surface area contributed by atoms with E-state index in [9.17, 15) is 14.4 Å². The van der Waals surface area contributed by atoms with E-state index in [1.807, 2.05) is 39.0 Å². The molecule has 0 aromatic heterocycles. The molecule has 0 unspecified atom stereocenters. The number of nitrogens with zero attached hydrogens (tertiary/aromatic N) is 1. The van der Waals surface area contributed by atoms with Crippen molar-refractivity contribution in [2.24, 2.45) is 0 Å². The Morgan fingerprint density at radius 2 is 1.71 bits per heavy atom. The van der Waals surface area contributed by atoms with Crippen LogP contribution >= 0.6 is 11.6 Å². The normalized spacial score (nSPS) is 18.9. The van der Waals surface area contributed by atoms with Crippen LogP contribution in [0.1, 0.15) is 30.0 Å². The number of carbonyl (C=O) groups is 3. The standard InChI is InChI=1S/C21H22ClN3O3/c1-4-21(15-5-7-16(22)8-6-15)19(27)25(20(28)24-21)12-18(26)23-17-10-13(2)9-14(3)11-17/h5-11H,4,12H2,1-3H3,(H,23,26)(H,24,28)/t21-/m0/s1. The third kappa shape index (κ3) is 3.73. The summed E-state index contributed by atoms with van der Waals surface area (Å²) < 4.78 is 0. The molecule has 7 heteroatoms. The zero-order valence-corrected chi connectivity index (χ0v) is 16.8. The second-order valence-corrected chi connectivity index (χ2v) is 7.45. The van der Waals surface area contributed by atoms with Crippen LogP contribution < -0.4 is 10.6 Å². The highest BCUT2D eigenvalue weighted by Gasteiger charge is 2.51. The predicted molar refractivity (Wildman–Crippen MR) is 108 cm³/mol. The molecule has 1 heterocycles. The van der Waals surface area contributed by atoms with Gasteiger partial charge in [0.25, 0.3) is 5.91 Å². The van der Waals surface area contributed by atoms with Gasteiger partial charge in [0.15, 0.2) is 0 Å². The lowest BCUT2D eigenvalue weighted by Gasteiger charge is -2.25. The summed E-state index contributed by atoms with van der Waals surface area (Å²) in [6.07, 6.45) is 0.356. The lowest BCUT2D eigenvalue weighted by atomic mass is 9.87. The van der Waals surface area contributed by atoms with Crippen LogP contribution in [0.4, 0.5) is 10.5 Å². The fourth-order valence-electron chi connectivity index (χ4n) is 3.53. The lowest BCUT2D eigenvalue weighted by molar-refractivity contribution is -0.134. The van der Waals surface area contributed by atoms with Crippen molar-refractivity contribution in [3.8, 4) is 0 Å². The molecule has 1 saturated heterocycles. The topological polar surface area (TPSA) is 78.5 Å². The van der Waals surface area contributed by atoms with Gasteiger partial charge in [-0.1, -0.05) is 36.7 Å². The van der Waals surface area contributed by atoms with Crippen LogP contribution in [-0.2, 0) is 15.1 Å². The van der Waals surface area contributed by atoms with Crippen LogP contribution in [-0.4, -0.2) is 29.3 Å². The molecular weight excluding hydrogens is 378 g/mol. The summed E-state index contributed by atoms with van der Waals surface area (Å²) >= 11 is 5.93. The minimum atomic E-state index is -1.19. The third-order valence-corrected chi connectivity index (χ3v) is 5.10. The van der Waals surface area contributed by atoms with Crippen molar-refractivity contribution in [1.29, 1.82) is 0 Å². The Bertz CT molecular complexity index is 922. The number of benzene rings is 2. The van der Waals surface area contributed by atoms with E-state index in [0.29, 0.717) is 22.7 Å². The Morgan fingerprint density at radius 3 is 2.29 bits per heavy atom. The molecule has 6 nitrogen and oxygen atoms in total. The highest BCUT2D eigenvalue weighted by atomic mass is 35.5. The molecule has 4 amide bonds. The molecule has 0 aliphatic carbocycles. The van der Waals surface area contributed by atoms with Crippen LogP contribution in [0.3, 0.4) is 0 Å². The number of amides is 4. The van der Waals surface area contributed by atoms with Crippen LogP contribution in [0.5, 0.6) is 0 Å². The number of halogens is 1. The molecule has 2 N–H and O–H groups in total. The number of imide groups is 1. The van der Waals surface area contributed by atoms with Crippen LogP contribution in [0.15, 0.2) is 42.5 Å². The quantitative estimate of drug-likeness (QED) is 0.751. The van der Waals surface area contributed by atoms with Crippen molar-refractivity contribution in [2.45, 2.75) is 32.7 Å². The SMILES string of the molecule is CC[C@@]1(c2ccc(Cl)cc2)NC(=O)N(CC(=O)Nc2cc(C)cc(C)c2)C1=O. The van der Waals surface area contributed by atoms with Gasteiger partial charge in [0, 0.05) is 10.7 Å². The van der Waals surface area contributed by atoms with E-state index in [2.05, 4.69) is 10.6 Å². The average Bonchev–Trinajstić information content (AvgIpc) is 2.86. The summed E-state index contributed by atoms with van der Waals surface area (Å²) in [6.45, 7) is 5.32. The van der Waals surface area contributed by atoms with Gasteiger partial charge in [-0.25, -0.2) is 4.79 Å². The number of hydrogen-bond acceptors (Lipinski definition) is 3. The van der Waals surface area contributed by atoms with Gasteiger partial charge in [-0.05, 0) is 61.2 Å². The molecular formula is C21H22ClN3O3. The first-order valence-corrected chi connectivity index (χ1v) is 9.41. The van der Waals surface area contributed by atoms with Crippen molar-refractivity contribution in [2.75, 3.05) is 11.9 Å². The minimum absolute atomic E-state index is 0.354. The first-order valence-electron chi connectivity index (χ1n) is 9.03. The highest BCUT2D eigenvalue weighted by molar-refractivity contribution is 6.30. The van der Waals surface area contributed by atoms with Crippen LogP contribution in [0.2, 0.25) is 5.02 Å². The van der Waals surface area contributed by atoms with E-state index in [0.717, 1.165) is 16.0 Å². The molecule has 1 aliphatic rings. The zero-order chi connectivity index (χ0) is 20.5. The zero-order valence-electron chi connectivity index (χ0n) is 16.0. The fraction of sp³-hybridized carbons (Fsp3) is 0.286. The van der Waals surface area contributed by atoms with Gasteiger partial charge in [-0.3, -0.25) is 14.5 Å². The molecule has 2 aromatic rings. The Morgan fingerprint density at radius 1 is 1.11 bits per heavy atom. The van der Waals surface area contributed by atoms with Crippen LogP contribution in [0.25, 0.3) is 0 Å². The Labute approximate surface area is 168 Å². The fourth-order valence-corrected chi connectivity index (χ4v) is 3.66. The molecule has 0 radical (unpaired) electrons. The maximum Gasteiger partial charge on any atom is 0.325 e. The summed E-state index contributed by atoms with van der Waals surface area (Å²) in [5.74, 6) is -0.880. The van der Waals surface area contributed by atoms with E-state index in [-0.39, 0.29) is 6.54 Å². The van der Waals surface area contributed by atoms with Crippen molar-refractivity contribution in [1.82, 2.24) is 10.2 Å². The van der Waals surface area contributed by atoms with E-state index in [1.54, 1.807) is 24.3 Å². The number of urea groups is 1. The monoisotopic (exact) mass is 399 g/mol. The Hall–Kier alpha value is -2.86. The number of carbonyl (C=O) groups excluding carboxylic acids is 3. The molecule has 2 aromatic carbocycles. The minimum Gasteiger partial charge on any atom is -0.325 e. The number of nitrogens with one attached hydrogen (secondary N) is 2. The van der Waals surface area contributed by atoms with Gasteiger partial charge in [0.05, 0.1) is 0 Å². The molecule has 146 valence electrons. The summed E-state index contributed by atoms with van der Waals surface area (Å²) in [4.78, 5) is 39.0. The van der Waals surface area contributed by atoms with Crippen molar-refractivity contribution in [3.05, 3.63) is 64.2 Å². The molecule has 3 rings (SSSR count). The summed E-state index contributed by atoms with van der Waals surface area (Å²) in [5.41, 5.74) is 2.10. The highest BCUT2D eigenvalue weighted by Crippen LogP contribution is 2.33. The Balaban J connectivity index is 1.79. The van der Waals surface area contributed by atoms with Crippen molar-refractivity contribution < 1.29 is 14.4 Å². The van der Waals surface area contributed by atoms with Crippen molar-refractivity contribution in [3.63, 3.8) is 0 Å². The van der Waals surface area contributed by atoms with Crippen molar-refractivity contribution >= 4 is 35.1 Å². The number of hydrogen-bond donors (Lipinski definition) is 2. The van der Waals surface area contributed by atoms with Crippen LogP contribution in [0, 0.1) is 13.8 Å². The lowest BCUT2D eigenvalue weighted by Crippen LogP contribution is -2.44. The number of anilines is 1. The smallest absolute Gasteiger partial charge is 0.325 e. The van der Waals surface area contributed by atoms with Gasteiger partial charge in [-0.15, -0.1) is 0 Å². The molecule has 1 atom stereocenters. The third-order valence-electron chi connectivity index (χ3n) is 4.85. The summed E-state index contributed by atoms with van der Waals surface area (Å²) in [6, 6.07) is 11.8. The molecule has 28 heavy (non-hydrogen) atoms. The van der Waals surface area contributed by atoms with Gasteiger partial charge < -0.3 is 10.6 Å². The average molecular weight is 400 g/mol. The first-order chi connectivity index (χ1) is 13.2. The van der Waals surface area contributed by atoms with E-state index in [1.165, 1.54) is 0 Å². The maximum atomic E-state index is 13.1. The maximum absolute atomic E-state index is 13.1. The first kappa shape index (κ1) is 19.9. The summed E-state index contributed by atoms with van der Waals surface area (Å²) in [7, 11) is 0. The largest absolute Gasteiger partial charge is 0.325 e. The second-order valence-electron chi connectivity index (χ2n) is 7.01. The molecule has 0 saturated carbocycles. The molecule has 1 fully saturated rings. The number of rotatable bonds is 5. The molecule has 0 spiro atoms. The van der Waals surface area contributed by atoms with Gasteiger partial charge in [0.1, 0.15) is 12.1 Å². The van der Waals surface area contributed by atoms with E-state index in [4.69, 9.17) is 11.6 Å². The van der Waals surface area contributed by atoms with E-state index < -0.39 is 23.4 Å². The van der Waals surface area contributed by atoms with Gasteiger partial charge in [-0.2, -0.15) is 0 Å². The van der Waals surface area contributed by atoms with E-state index >= 15 is 0 Å². The summed E-state index contributed by atoms with van der Waals surface area (Å²) in [5, 5.41) is 6.05. The van der Waals surface area contributed by atoms with Gasteiger partial charge in [0.2, 0.25) is 5.91 Å². The molecule has 0 bridgehead atoms. The van der Waals surface area contributed by atoms with Gasteiger partial charge >= 0.3 is 6.03 Å². The predicted octanol–water partition coefficient (Wildman–Crippen LogP) is 3.75. The Kier molecular flexibility index (Phi) is 5.42. The number of aryl methyl sites for hydroxylation is 2.